The summed E-state index contributed by atoms with van der Waals surface area (Å²) in [5.74, 6) is 0.744. The molecule has 1 saturated heterocycles. The molecule has 0 bridgehead atoms. The van der Waals surface area contributed by atoms with Crippen molar-refractivity contribution in [3.63, 3.8) is 0 Å². The van der Waals surface area contributed by atoms with Gasteiger partial charge in [0.2, 0.25) is 0 Å². The smallest absolute Gasteiger partial charge is 0.191 e. The molecule has 7 nitrogen and oxygen atoms in total. The Kier molecular flexibility index (Phi) is 7.41. The number of sulfone groups is 1. The van der Waals surface area contributed by atoms with Gasteiger partial charge in [0.25, 0.3) is 0 Å². The standard InChI is InChI=1S/C13H27N3O4S/c1-13(5-4-7-20-13)11-16-12(14-2)15-6-8-19-9-10-21(3,17)18/h4-11H2,1-3H3,(H2,14,15,16). The molecule has 21 heavy (non-hydrogen) atoms. The van der Waals surface area contributed by atoms with E-state index in [0.717, 1.165) is 19.4 Å². The third-order valence-electron chi connectivity index (χ3n) is 3.29. The molecule has 0 aromatic carbocycles. The highest BCUT2D eigenvalue weighted by Gasteiger charge is 2.29. The highest BCUT2D eigenvalue weighted by Crippen LogP contribution is 2.23. The summed E-state index contributed by atoms with van der Waals surface area (Å²) >= 11 is 0. The largest absolute Gasteiger partial charge is 0.379 e. The summed E-state index contributed by atoms with van der Waals surface area (Å²) in [5.41, 5.74) is -0.121. The minimum Gasteiger partial charge on any atom is -0.379 e. The Morgan fingerprint density at radius 3 is 2.71 bits per heavy atom. The van der Waals surface area contributed by atoms with Gasteiger partial charge in [0, 0.05) is 33.0 Å². The van der Waals surface area contributed by atoms with Crippen LogP contribution in [0, 0.1) is 0 Å². The zero-order chi connectivity index (χ0) is 15.8. The van der Waals surface area contributed by atoms with Gasteiger partial charge in [0.05, 0.1) is 24.6 Å². The maximum Gasteiger partial charge on any atom is 0.191 e. The van der Waals surface area contributed by atoms with E-state index in [-0.39, 0.29) is 18.0 Å². The molecule has 0 radical (unpaired) electrons. The first-order valence-electron chi connectivity index (χ1n) is 7.19. The molecule has 1 fully saturated rings. The van der Waals surface area contributed by atoms with Gasteiger partial charge >= 0.3 is 0 Å². The molecule has 1 rings (SSSR count). The monoisotopic (exact) mass is 321 g/mol. The molecule has 124 valence electrons. The number of hydrogen-bond donors (Lipinski definition) is 2. The summed E-state index contributed by atoms with van der Waals surface area (Å²) in [6, 6.07) is 0. The lowest BCUT2D eigenvalue weighted by molar-refractivity contribution is 0.0242. The van der Waals surface area contributed by atoms with E-state index in [4.69, 9.17) is 9.47 Å². The van der Waals surface area contributed by atoms with Crippen LogP contribution in [0.25, 0.3) is 0 Å². The second-order valence-electron chi connectivity index (χ2n) is 5.50. The molecule has 0 aromatic heterocycles. The van der Waals surface area contributed by atoms with E-state index in [1.807, 2.05) is 0 Å². The molecule has 1 heterocycles. The number of rotatable bonds is 8. The van der Waals surface area contributed by atoms with Crippen LogP contribution in [0.2, 0.25) is 0 Å². The molecule has 0 amide bonds. The molecule has 1 atom stereocenters. The second kappa shape index (κ2) is 8.55. The van der Waals surface area contributed by atoms with E-state index in [1.165, 1.54) is 6.26 Å². The van der Waals surface area contributed by atoms with Crippen LogP contribution < -0.4 is 10.6 Å². The Bertz CT molecular complexity index is 431. The number of nitrogens with one attached hydrogen (secondary N) is 2. The molecule has 1 aliphatic rings. The number of nitrogens with zero attached hydrogens (tertiary/aromatic N) is 1. The lowest BCUT2D eigenvalue weighted by atomic mass is 10.0. The quantitative estimate of drug-likeness (QED) is 0.365. The zero-order valence-corrected chi connectivity index (χ0v) is 14.0. The average Bonchev–Trinajstić information content (AvgIpc) is 2.83. The Morgan fingerprint density at radius 2 is 2.14 bits per heavy atom. The molecule has 2 N–H and O–H groups in total. The number of ether oxygens (including phenoxy) is 2. The summed E-state index contributed by atoms with van der Waals surface area (Å²) in [6.07, 6.45) is 3.34. The lowest BCUT2D eigenvalue weighted by Crippen LogP contribution is -2.46. The van der Waals surface area contributed by atoms with Crippen molar-refractivity contribution in [3.05, 3.63) is 0 Å². The third-order valence-corrected chi connectivity index (χ3v) is 4.20. The van der Waals surface area contributed by atoms with Crippen LogP contribution in [0.5, 0.6) is 0 Å². The molecule has 1 unspecified atom stereocenters. The molecule has 0 aliphatic carbocycles. The SMILES string of the molecule is CN=C(NCCOCCS(C)(=O)=O)NCC1(C)CCCO1. The fourth-order valence-electron chi connectivity index (χ4n) is 2.02. The van der Waals surface area contributed by atoms with E-state index >= 15 is 0 Å². The van der Waals surface area contributed by atoms with E-state index in [2.05, 4.69) is 22.5 Å². The first-order chi connectivity index (χ1) is 9.85. The van der Waals surface area contributed by atoms with E-state index in [9.17, 15) is 8.42 Å². The van der Waals surface area contributed by atoms with Gasteiger partial charge in [-0.2, -0.15) is 0 Å². The number of hydrogen-bond acceptors (Lipinski definition) is 5. The summed E-state index contributed by atoms with van der Waals surface area (Å²) in [7, 11) is -1.25. The molecule has 0 spiro atoms. The molecule has 0 saturated carbocycles. The van der Waals surface area contributed by atoms with Crippen LogP contribution in [0.4, 0.5) is 0 Å². The maximum absolute atomic E-state index is 10.9. The van der Waals surface area contributed by atoms with Crippen LogP contribution in [0.3, 0.4) is 0 Å². The van der Waals surface area contributed by atoms with Crippen LogP contribution in [0.1, 0.15) is 19.8 Å². The average molecular weight is 321 g/mol. The van der Waals surface area contributed by atoms with Gasteiger partial charge in [0.15, 0.2) is 5.96 Å². The van der Waals surface area contributed by atoms with Gasteiger partial charge < -0.3 is 20.1 Å². The Hall–Kier alpha value is -0.860. The zero-order valence-electron chi connectivity index (χ0n) is 13.1. The fraction of sp³-hybridized carbons (Fsp3) is 0.923. The molecule has 8 heteroatoms. The van der Waals surface area contributed by atoms with E-state index in [0.29, 0.717) is 25.7 Å². The predicted molar refractivity (Wildman–Crippen MR) is 83.5 cm³/mol. The van der Waals surface area contributed by atoms with Crippen molar-refractivity contribution in [3.8, 4) is 0 Å². The first-order valence-corrected chi connectivity index (χ1v) is 9.25. The summed E-state index contributed by atoms with van der Waals surface area (Å²) in [5, 5.41) is 6.35. The second-order valence-corrected chi connectivity index (χ2v) is 7.76. The topological polar surface area (TPSA) is 89.0 Å². The van der Waals surface area contributed by atoms with Crippen molar-refractivity contribution in [2.75, 3.05) is 52.0 Å². The Balaban J connectivity index is 2.11. The molecular weight excluding hydrogens is 294 g/mol. The molecule has 0 aromatic rings. The van der Waals surface area contributed by atoms with Crippen LogP contribution in [-0.2, 0) is 19.3 Å². The van der Waals surface area contributed by atoms with Crippen molar-refractivity contribution in [2.45, 2.75) is 25.4 Å². The van der Waals surface area contributed by atoms with Crippen LogP contribution in [0.15, 0.2) is 4.99 Å². The third kappa shape index (κ3) is 8.23. The van der Waals surface area contributed by atoms with Gasteiger partial charge in [-0.05, 0) is 19.8 Å². The van der Waals surface area contributed by atoms with E-state index < -0.39 is 9.84 Å². The first kappa shape index (κ1) is 18.2. The summed E-state index contributed by atoms with van der Waals surface area (Å²) in [4.78, 5) is 4.12. The predicted octanol–water partition coefficient (Wildman–Crippen LogP) is -0.218. The van der Waals surface area contributed by atoms with Gasteiger partial charge in [-0.25, -0.2) is 8.42 Å². The maximum atomic E-state index is 10.9. The highest BCUT2D eigenvalue weighted by atomic mass is 32.2. The molecular formula is C13H27N3O4S. The fourth-order valence-corrected chi connectivity index (χ4v) is 2.44. The number of guanidine groups is 1. The summed E-state index contributed by atoms with van der Waals surface area (Å²) < 4.78 is 32.8. The van der Waals surface area contributed by atoms with Gasteiger partial charge in [-0.15, -0.1) is 0 Å². The van der Waals surface area contributed by atoms with Gasteiger partial charge in [-0.3, -0.25) is 4.99 Å². The minimum absolute atomic E-state index is 0.0513. The van der Waals surface area contributed by atoms with Crippen LogP contribution >= 0.6 is 0 Å². The van der Waals surface area contributed by atoms with Crippen molar-refractivity contribution in [1.29, 1.82) is 0 Å². The lowest BCUT2D eigenvalue weighted by Gasteiger charge is -2.24. The molecule has 1 aliphatic heterocycles. The van der Waals surface area contributed by atoms with Crippen molar-refractivity contribution < 1.29 is 17.9 Å². The summed E-state index contributed by atoms with van der Waals surface area (Å²) in [6.45, 7) is 4.85. The highest BCUT2D eigenvalue weighted by molar-refractivity contribution is 7.90. The van der Waals surface area contributed by atoms with Crippen molar-refractivity contribution in [2.24, 2.45) is 4.99 Å². The van der Waals surface area contributed by atoms with Crippen molar-refractivity contribution in [1.82, 2.24) is 10.6 Å². The Labute approximate surface area is 127 Å². The van der Waals surface area contributed by atoms with Gasteiger partial charge in [-0.1, -0.05) is 0 Å². The minimum atomic E-state index is -2.95. The van der Waals surface area contributed by atoms with Crippen molar-refractivity contribution >= 4 is 15.8 Å². The normalized spacial score (nSPS) is 23.3. The van der Waals surface area contributed by atoms with E-state index in [1.54, 1.807) is 7.05 Å². The number of aliphatic imine (C=N–C) groups is 1. The Morgan fingerprint density at radius 1 is 1.38 bits per heavy atom. The van der Waals surface area contributed by atoms with Gasteiger partial charge in [0.1, 0.15) is 9.84 Å². The van der Waals surface area contributed by atoms with Crippen LogP contribution in [-0.4, -0.2) is 71.9 Å².